The van der Waals surface area contributed by atoms with E-state index in [1.807, 2.05) is 6.92 Å². The van der Waals surface area contributed by atoms with E-state index in [0.29, 0.717) is 19.4 Å². The molecular weight excluding hydrogens is 218 g/mol. The third-order valence-corrected chi connectivity index (χ3v) is 2.92. The Kier molecular flexibility index (Phi) is 3.13. The first-order valence-corrected chi connectivity index (χ1v) is 5.68. The fourth-order valence-electron chi connectivity index (χ4n) is 2.00. The van der Waals surface area contributed by atoms with Crippen molar-refractivity contribution in [3.8, 4) is 5.75 Å². The number of aromatic hydroxyl groups is 1. The normalized spacial score (nSPS) is 16.1. The van der Waals surface area contributed by atoms with E-state index in [1.165, 1.54) is 4.90 Å². The molecule has 1 aromatic rings. The van der Waals surface area contributed by atoms with E-state index in [1.54, 1.807) is 18.2 Å². The first-order valence-electron chi connectivity index (χ1n) is 5.68. The predicted molar refractivity (Wildman–Crippen MR) is 63.0 cm³/mol. The monoisotopic (exact) mass is 233 g/mol. The highest BCUT2D eigenvalue weighted by molar-refractivity contribution is 5.99. The summed E-state index contributed by atoms with van der Waals surface area (Å²) >= 11 is 0. The van der Waals surface area contributed by atoms with Gasteiger partial charge < -0.3 is 10.0 Å². The van der Waals surface area contributed by atoms with Gasteiger partial charge in [-0.05, 0) is 31.0 Å². The molecule has 90 valence electrons. The van der Waals surface area contributed by atoms with Crippen LogP contribution in [0.25, 0.3) is 0 Å². The maximum atomic E-state index is 12.1. The molecule has 0 spiro atoms. The lowest BCUT2D eigenvalue weighted by atomic mass is 10.1. The number of amides is 1. The summed E-state index contributed by atoms with van der Waals surface area (Å²) in [5.74, 6) is -0.209. The fourth-order valence-corrected chi connectivity index (χ4v) is 2.00. The number of aryl methyl sites for hydroxylation is 1. The van der Waals surface area contributed by atoms with Crippen LogP contribution in [0.1, 0.15) is 28.8 Å². The average Bonchev–Trinajstić information content (AvgIpc) is 2.28. The van der Waals surface area contributed by atoms with Crippen molar-refractivity contribution in [1.82, 2.24) is 4.90 Å². The number of piperidine rings is 1. The largest absolute Gasteiger partial charge is 0.507 e. The van der Waals surface area contributed by atoms with Gasteiger partial charge >= 0.3 is 0 Å². The summed E-state index contributed by atoms with van der Waals surface area (Å²) in [5, 5.41) is 9.73. The standard InChI is InChI=1S/C13H15NO3/c1-9-4-5-11(12(16)7-9)13(17)14-6-2-3-10(15)8-14/h4-5,7,16H,2-3,6,8H2,1H3. The van der Waals surface area contributed by atoms with Crippen LogP contribution in [0.15, 0.2) is 18.2 Å². The van der Waals surface area contributed by atoms with E-state index >= 15 is 0 Å². The van der Waals surface area contributed by atoms with Gasteiger partial charge in [-0.1, -0.05) is 6.07 Å². The number of benzene rings is 1. The van der Waals surface area contributed by atoms with Crippen molar-refractivity contribution in [3.63, 3.8) is 0 Å². The van der Waals surface area contributed by atoms with Crippen molar-refractivity contribution in [2.45, 2.75) is 19.8 Å². The second-order valence-corrected chi connectivity index (χ2v) is 4.39. The van der Waals surface area contributed by atoms with Gasteiger partial charge in [0.25, 0.3) is 5.91 Å². The minimum absolute atomic E-state index is 0.0203. The number of rotatable bonds is 1. The number of Topliss-reactive ketones (excluding diaryl/α,β-unsaturated/α-hetero) is 1. The number of carbonyl (C=O) groups is 2. The van der Waals surface area contributed by atoms with Gasteiger partial charge in [-0.2, -0.15) is 0 Å². The average molecular weight is 233 g/mol. The lowest BCUT2D eigenvalue weighted by Crippen LogP contribution is -2.40. The molecule has 1 aromatic carbocycles. The van der Waals surface area contributed by atoms with Crippen LogP contribution in [0.4, 0.5) is 0 Å². The minimum atomic E-state index is -0.268. The summed E-state index contributed by atoms with van der Waals surface area (Å²) in [4.78, 5) is 24.9. The topological polar surface area (TPSA) is 57.6 Å². The van der Waals surface area contributed by atoms with E-state index < -0.39 is 0 Å². The molecule has 1 heterocycles. The molecule has 1 fully saturated rings. The molecule has 4 heteroatoms. The zero-order chi connectivity index (χ0) is 12.4. The maximum absolute atomic E-state index is 12.1. The van der Waals surface area contributed by atoms with Crippen LogP contribution in [0.3, 0.4) is 0 Å². The summed E-state index contributed by atoms with van der Waals surface area (Å²) in [7, 11) is 0. The molecule has 0 aromatic heterocycles. The van der Waals surface area contributed by atoms with Crippen LogP contribution < -0.4 is 0 Å². The Morgan fingerprint density at radius 1 is 1.41 bits per heavy atom. The number of ketones is 1. The molecule has 0 bridgehead atoms. The molecule has 0 saturated carbocycles. The van der Waals surface area contributed by atoms with Gasteiger partial charge in [0.05, 0.1) is 12.1 Å². The number of carbonyl (C=O) groups excluding carboxylic acids is 2. The van der Waals surface area contributed by atoms with Crippen molar-refractivity contribution >= 4 is 11.7 Å². The first-order chi connectivity index (χ1) is 8.08. The molecule has 4 nitrogen and oxygen atoms in total. The molecule has 0 unspecified atom stereocenters. The van der Waals surface area contributed by atoms with Crippen LogP contribution in [0, 0.1) is 6.92 Å². The van der Waals surface area contributed by atoms with Gasteiger partial charge in [0.1, 0.15) is 5.75 Å². The molecule has 1 amide bonds. The molecule has 0 radical (unpaired) electrons. The summed E-state index contributed by atoms with van der Waals surface area (Å²) < 4.78 is 0. The van der Waals surface area contributed by atoms with E-state index in [4.69, 9.17) is 0 Å². The third-order valence-electron chi connectivity index (χ3n) is 2.92. The SMILES string of the molecule is Cc1ccc(C(=O)N2CCCC(=O)C2)c(O)c1. The van der Waals surface area contributed by atoms with E-state index in [-0.39, 0.29) is 29.5 Å². The first kappa shape index (κ1) is 11.6. The summed E-state index contributed by atoms with van der Waals surface area (Å²) in [6.07, 6.45) is 1.25. The highest BCUT2D eigenvalue weighted by Crippen LogP contribution is 2.21. The fraction of sp³-hybridized carbons (Fsp3) is 0.385. The summed E-state index contributed by atoms with van der Waals surface area (Å²) in [6.45, 7) is 2.59. The van der Waals surface area contributed by atoms with E-state index in [9.17, 15) is 14.7 Å². The summed E-state index contributed by atoms with van der Waals surface area (Å²) in [6, 6.07) is 4.93. The molecule has 0 aliphatic carbocycles. The highest BCUT2D eigenvalue weighted by atomic mass is 16.3. The number of hydrogen-bond donors (Lipinski definition) is 1. The molecule has 0 atom stereocenters. The molecular formula is C13H15NO3. The number of hydrogen-bond acceptors (Lipinski definition) is 3. The Labute approximate surface area is 99.9 Å². The van der Waals surface area contributed by atoms with Crippen molar-refractivity contribution < 1.29 is 14.7 Å². The lowest BCUT2D eigenvalue weighted by molar-refractivity contribution is -0.121. The molecule has 1 aliphatic heterocycles. The van der Waals surface area contributed by atoms with E-state index in [2.05, 4.69) is 0 Å². The number of phenols is 1. The Morgan fingerprint density at radius 2 is 2.18 bits per heavy atom. The van der Waals surface area contributed by atoms with Crippen molar-refractivity contribution in [2.75, 3.05) is 13.1 Å². The minimum Gasteiger partial charge on any atom is -0.507 e. The second kappa shape index (κ2) is 4.57. The Hall–Kier alpha value is -1.84. The molecule has 1 saturated heterocycles. The van der Waals surface area contributed by atoms with Gasteiger partial charge in [-0.15, -0.1) is 0 Å². The quantitative estimate of drug-likeness (QED) is 0.799. The van der Waals surface area contributed by atoms with Crippen molar-refractivity contribution in [1.29, 1.82) is 0 Å². The van der Waals surface area contributed by atoms with Crippen molar-refractivity contribution in [3.05, 3.63) is 29.3 Å². The Bertz CT molecular complexity index is 468. The van der Waals surface area contributed by atoms with Crippen LogP contribution in [-0.4, -0.2) is 34.8 Å². The predicted octanol–water partition coefficient (Wildman–Crippen LogP) is 1.51. The van der Waals surface area contributed by atoms with Gasteiger partial charge in [-0.25, -0.2) is 0 Å². The van der Waals surface area contributed by atoms with Gasteiger partial charge in [0.15, 0.2) is 5.78 Å². The van der Waals surface area contributed by atoms with Gasteiger partial charge in [0.2, 0.25) is 0 Å². The van der Waals surface area contributed by atoms with Crippen LogP contribution in [-0.2, 0) is 4.79 Å². The van der Waals surface area contributed by atoms with E-state index in [0.717, 1.165) is 5.56 Å². The molecule has 17 heavy (non-hydrogen) atoms. The van der Waals surface area contributed by atoms with Crippen LogP contribution in [0.5, 0.6) is 5.75 Å². The number of phenolic OH excluding ortho intramolecular Hbond substituents is 1. The smallest absolute Gasteiger partial charge is 0.258 e. The van der Waals surface area contributed by atoms with Gasteiger partial charge in [-0.3, -0.25) is 9.59 Å². The maximum Gasteiger partial charge on any atom is 0.258 e. The number of likely N-dealkylation sites (tertiary alicyclic amines) is 1. The number of nitrogens with zero attached hydrogens (tertiary/aromatic N) is 1. The Morgan fingerprint density at radius 3 is 2.82 bits per heavy atom. The van der Waals surface area contributed by atoms with Gasteiger partial charge in [0, 0.05) is 13.0 Å². The molecule has 1 N–H and O–H groups in total. The molecule has 1 aliphatic rings. The van der Waals surface area contributed by atoms with Crippen molar-refractivity contribution in [2.24, 2.45) is 0 Å². The zero-order valence-corrected chi connectivity index (χ0v) is 9.77. The van der Waals surface area contributed by atoms with Crippen LogP contribution >= 0.6 is 0 Å². The summed E-state index contributed by atoms with van der Waals surface area (Å²) in [5.41, 5.74) is 1.17. The molecule has 2 rings (SSSR count). The Balaban J connectivity index is 2.21. The third kappa shape index (κ3) is 2.46. The lowest BCUT2D eigenvalue weighted by Gasteiger charge is -2.26. The second-order valence-electron chi connectivity index (χ2n) is 4.39. The van der Waals surface area contributed by atoms with Crippen LogP contribution in [0.2, 0.25) is 0 Å². The zero-order valence-electron chi connectivity index (χ0n) is 9.77. The highest BCUT2D eigenvalue weighted by Gasteiger charge is 2.24.